The van der Waals surface area contributed by atoms with E-state index in [2.05, 4.69) is 5.32 Å². The van der Waals surface area contributed by atoms with Gasteiger partial charge < -0.3 is 10.2 Å². The normalized spacial score (nSPS) is 12.0. The first kappa shape index (κ1) is 31.7. The van der Waals surface area contributed by atoms with Gasteiger partial charge in [0, 0.05) is 28.2 Å². The summed E-state index contributed by atoms with van der Waals surface area (Å²) in [5.74, 6) is -0.883. The molecule has 1 N–H and O–H groups in total. The van der Waals surface area contributed by atoms with Crippen LogP contribution in [0.2, 0.25) is 15.1 Å². The third-order valence-corrected chi connectivity index (χ3v) is 8.92. The van der Waals surface area contributed by atoms with Crippen LogP contribution in [0, 0.1) is 0 Å². The Labute approximate surface area is 251 Å². The maximum Gasteiger partial charge on any atom is 0.264 e. The topological polar surface area (TPSA) is 86.8 Å². The fraction of sp³-hybridized carbons (Fsp3) is 0.310. The number of anilines is 1. The summed E-state index contributed by atoms with van der Waals surface area (Å²) >= 11 is 18.5. The zero-order valence-corrected chi connectivity index (χ0v) is 25.4. The van der Waals surface area contributed by atoms with Crippen molar-refractivity contribution >= 4 is 62.3 Å². The third kappa shape index (κ3) is 8.13. The first-order valence-corrected chi connectivity index (χ1v) is 15.5. The number of unbranched alkanes of at least 4 members (excludes halogenated alkanes) is 1. The molecule has 1 atom stereocenters. The molecule has 0 saturated carbocycles. The third-order valence-electron chi connectivity index (χ3n) is 6.30. The Morgan fingerprint density at radius 3 is 2.15 bits per heavy atom. The van der Waals surface area contributed by atoms with Gasteiger partial charge in [0.25, 0.3) is 10.0 Å². The molecule has 0 aliphatic carbocycles. The average Bonchev–Trinajstić information content (AvgIpc) is 2.93. The Hall–Kier alpha value is -2.78. The van der Waals surface area contributed by atoms with E-state index in [0.717, 1.165) is 17.1 Å². The molecule has 0 spiro atoms. The second kappa shape index (κ2) is 14.7. The molecular weight excluding hydrogens is 593 g/mol. The van der Waals surface area contributed by atoms with Gasteiger partial charge in [0.15, 0.2) is 0 Å². The van der Waals surface area contributed by atoms with E-state index in [1.165, 1.54) is 29.2 Å². The molecule has 3 aromatic rings. The number of para-hydroxylation sites is 1. The first-order valence-electron chi connectivity index (χ1n) is 12.9. The Bertz CT molecular complexity index is 1400. The Morgan fingerprint density at radius 2 is 1.55 bits per heavy atom. The van der Waals surface area contributed by atoms with E-state index in [-0.39, 0.29) is 17.3 Å². The molecule has 40 heavy (non-hydrogen) atoms. The highest BCUT2D eigenvalue weighted by Gasteiger charge is 2.33. The summed E-state index contributed by atoms with van der Waals surface area (Å²) in [5.41, 5.74) is 0.877. The summed E-state index contributed by atoms with van der Waals surface area (Å²) in [6.45, 7) is 3.72. The molecule has 0 unspecified atom stereocenters. The predicted octanol–water partition coefficient (Wildman–Crippen LogP) is 6.57. The van der Waals surface area contributed by atoms with Crippen molar-refractivity contribution in [1.29, 1.82) is 0 Å². The number of carbonyl (C=O) groups excluding carboxylic acids is 2. The molecule has 7 nitrogen and oxygen atoms in total. The molecule has 0 aliphatic heterocycles. The van der Waals surface area contributed by atoms with Crippen LogP contribution < -0.4 is 9.62 Å². The molecule has 11 heteroatoms. The molecule has 2 amide bonds. The minimum Gasteiger partial charge on any atom is -0.354 e. The van der Waals surface area contributed by atoms with E-state index in [9.17, 15) is 18.0 Å². The van der Waals surface area contributed by atoms with Crippen molar-refractivity contribution in [2.75, 3.05) is 17.4 Å². The van der Waals surface area contributed by atoms with Crippen LogP contribution in [-0.2, 0) is 26.2 Å². The zero-order valence-electron chi connectivity index (χ0n) is 22.3. The number of amides is 2. The Kier molecular flexibility index (Phi) is 11.7. The number of hydrogen-bond donors (Lipinski definition) is 1. The smallest absolute Gasteiger partial charge is 0.264 e. The predicted molar refractivity (Wildman–Crippen MR) is 161 cm³/mol. The SMILES string of the molecule is CCCCNC(=O)[C@H](CC)N(Cc1ccc(Cl)cc1Cl)C(=O)CN(c1ccccc1)S(=O)(=O)c1ccc(Cl)cc1. The Morgan fingerprint density at radius 1 is 0.900 bits per heavy atom. The summed E-state index contributed by atoms with van der Waals surface area (Å²) in [7, 11) is -4.17. The number of hydrogen-bond acceptors (Lipinski definition) is 4. The van der Waals surface area contributed by atoms with Crippen molar-refractivity contribution in [3.8, 4) is 0 Å². The summed E-state index contributed by atoms with van der Waals surface area (Å²) in [5, 5.41) is 4.04. The van der Waals surface area contributed by atoms with E-state index in [0.29, 0.717) is 39.3 Å². The molecular formula is C29H32Cl3N3O4S. The molecule has 0 fully saturated rings. The van der Waals surface area contributed by atoms with E-state index < -0.39 is 28.5 Å². The number of sulfonamides is 1. The average molecular weight is 625 g/mol. The molecule has 0 saturated heterocycles. The van der Waals surface area contributed by atoms with E-state index in [1.54, 1.807) is 55.5 Å². The quantitative estimate of drug-likeness (QED) is 0.218. The van der Waals surface area contributed by atoms with Gasteiger partial charge in [-0.15, -0.1) is 0 Å². The Balaban J connectivity index is 2.03. The number of carbonyl (C=O) groups is 2. The van der Waals surface area contributed by atoms with Crippen LogP contribution >= 0.6 is 34.8 Å². The lowest BCUT2D eigenvalue weighted by Gasteiger charge is -2.33. The minimum atomic E-state index is -4.17. The fourth-order valence-electron chi connectivity index (χ4n) is 4.12. The molecule has 0 bridgehead atoms. The maximum atomic E-state index is 14.0. The summed E-state index contributed by atoms with van der Waals surface area (Å²) < 4.78 is 28.6. The molecule has 214 valence electrons. The van der Waals surface area contributed by atoms with Crippen molar-refractivity contribution in [1.82, 2.24) is 10.2 Å². The molecule has 3 rings (SSSR count). The summed E-state index contributed by atoms with van der Waals surface area (Å²) in [4.78, 5) is 28.6. The fourth-order valence-corrected chi connectivity index (χ4v) is 6.12. The lowest BCUT2D eigenvalue weighted by atomic mass is 10.1. The standard InChI is InChI=1S/C29H32Cl3N3O4S/c1-3-5-17-33-29(37)27(4-2)34(19-21-11-12-23(31)18-26(21)32)28(36)20-35(24-9-7-6-8-10-24)40(38,39)25-15-13-22(30)14-16-25/h6-16,18,27H,3-5,17,19-20H2,1-2H3,(H,33,37)/t27-/m0/s1. The largest absolute Gasteiger partial charge is 0.354 e. The van der Waals surface area contributed by atoms with Gasteiger partial charge in [0.2, 0.25) is 11.8 Å². The highest BCUT2D eigenvalue weighted by molar-refractivity contribution is 7.92. The number of halogens is 3. The highest BCUT2D eigenvalue weighted by Crippen LogP contribution is 2.27. The highest BCUT2D eigenvalue weighted by atomic mass is 35.5. The van der Waals surface area contributed by atoms with Gasteiger partial charge >= 0.3 is 0 Å². The van der Waals surface area contributed by atoms with Crippen LogP contribution in [0.15, 0.2) is 77.7 Å². The van der Waals surface area contributed by atoms with Crippen LogP contribution in [0.5, 0.6) is 0 Å². The monoisotopic (exact) mass is 623 g/mol. The van der Waals surface area contributed by atoms with E-state index in [1.807, 2.05) is 6.92 Å². The molecule has 0 aliphatic rings. The summed E-state index contributed by atoms with van der Waals surface area (Å²) in [6.07, 6.45) is 2.00. The first-order chi connectivity index (χ1) is 19.1. The van der Waals surface area contributed by atoms with E-state index in [4.69, 9.17) is 34.8 Å². The number of nitrogens with zero attached hydrogens (tertiary/aromatic N) is 2. The van der Waals surface area contributed by atoms with Crippen molar-refractivity contribution < 1.29 is 18.0 Å². The van der Waals surface area contributed by atoms with Gasteiger partial charge in [-0.3, -0.25) is 13.9 Å². The summed E-state index contributed by atoms with van der Waals surface area (Å²) in [6, 6.07) is 18.1. The minimum absolute atomic E-state index is 0.0157. The van der Waals surface area contributed by atoms with Gasteiger partial charge in [-0.25, -0.2) is 8.42 Å². The lowest BCUT2D eigenvalue weighted by molar-refractivity contribution is -0.140. The van der Waals surface area contributed by atoms with Gasteiger partial charge in [-0.1, -0.05) is 79.3 Å². The molecule has 0 heterocycles. The van der Waals surface area contributed by atoms with Crippen LogP contribution in [0.1, 0.15) is 38.7 Å². The number of nitrogens with one attached hydrogen (secondary N) is 1. The molecule has 0 radical (unpaired) electrons. The van der Waals surface area contributed by atoms with Crippen molar-refractivity contribution in [2.24, 2.45) is 0 Å². The zero-order chi connectivity index (χ0) is 29.3. The van der Waals surface area contributed by atoms with Crippen LogP contribution in [0.25, 0.3) is 0 Å². The van der Waals surface area contributed by atoms with Gasteiger partial charge in [0.1, 0.15) is 12.6 Å². The maximum absolute atomic E-state index is 14.0. The van der Waals surface area contributed by atoms with Crippen LogP contribution in [0.3, 0.4) is 0 Å². The van der Waals surface area contributed by atoms with E-state index >= 15 is 0 Å². The van der Waals surface area contributed by atoms with Crippen LogP contribution in [0.4, 0.5) is 5.69 Å². The van der Waals surface area contributed by atoms with Gasteiger partial charge in [0.05, 0.1) is 10.6 Å². The van der Waals surface area contributed by atoms with Crippen molar-refractivity contribution in [3.05, 3.63) is 93.4 Å². The number of rotatable bonds is 13. The molecule has 0 aromatic heterocycles. The van der Waals surface area contributed by atoms with Crippen LogP contribution in [-0.4, -0.2) is 44.3 Å². The van der Waals surface area contributed by atoms with Gasteiger partial charge in [-0.2, -0.15) is 0 Å². The van der Waals surface area contributed by atoms with Gasteiger partial charge in [-0.05, 0) is 66.9 Å². The lowest BCUT2D eigenvalue weighted by Crippen LogP contribution is -2.52. The molecule has 3 aromatic carbocycles. The second-order valence-corrected chi connectivity index (χ2v) is 12.3. The number of benzene rings is 3. The van der Waals surface area contributed by atoms with Crippen molar-refractivity contribution in [3.63, 3.8) is 0 Å². The van der Waals surface area contributed by atoms with Crippen molar-refractivity contribution in [2.45, 2.75) is 50.6 Å². The second-order valence-electron chi connectivity index (χ2n) is 9.13.